The Hall–Kier alpha value is -2.07. The molecule has 1 atom stereocenters. The van der Waals surface area contributed by atoms with Crippen molar-refractivity contribution in [3.8, 4) is 0 Å². The van der Waals surface area contributed by atoms with E-state index >= 15 is 0 Å². The Kier molecular flexibility index (Phi) is 3.80. The van der Waals surface area contributed by atoms with E-state index in [9.17, 15) is 0 Å². The zero-order valence-electron chi connectivity index (χ0n) is 12.8. The molecule has 110 valence electrons. The molecule has 2 aromatic heterocycles. The van der Waals surface area contributed by atoms with Crippen LogP contribution in [0.15, 0.2) is 40.9 Å². The SMILES string of the molecule is CCCNC(c1cc2ccccc2o1)c1cnn(C)c1C. The van der Waals surface area contributed by atoms with Gasteiger partial charge in [0.15, 0.2) is 0 Å². The number of benzene rings is 1. The van der Waals surface area contributed by atoms with E-state index in [1.165, 1.54) is 5.56 Å². The Morgan fingerprint density at radius 3 is 2.81 bits per heavy atom. The number of aryl methyl sites for hydroxylation is 1. The van der Waals surface area contributed by atoms with E-state index in [2.05, 4.69) is 36.4 Å². The van der Waals surface area contributed by atoms with Crippen LogP contribution in [0.5, 0.6) is 0 Å². The lowest BCUT2D eigenvalue weighted by Crippen LogP contribution is -2.23. The quantitative estimate of drug-likeness (QED) is 0.778. The van der Waals surface area contributed by atoms with E-state index in [1.54, 1.807) is 0 Å². The van der Waals surface area contributed by atoms with Gasteiger partial charge < -0.3 is 9.73 Å². The number of hydrogen-bond donors (Lipinski definition) is 1. The highest BCUT2D eigenvalue weighted by Gasteiger charge is 2.21. The van der Waals surface area contributed by atoms with Crippen LogP contribution in [0, 0.1) is 6.92 Å². The molecule has 0 fully saturated rings. The maximum atomic E-state index is 6.05. The monoisotopic (exact) mass is 283 g/mol. The van der Waals surface area contributed by atoms with Crippen molar-refractivity contribution >= 4 is 11.0 Å². The smallest absolute Gasteiger partial charge is 0.134 e. The second-order valence-corrected chi connectivity index (χ2v) is 5.38. The molecule has 3 aromatic rings. The van der Waals surface area contributed by atoms with Crippen LogP contribution in [0.25, 0.3) is 11.0 Å². The normalized spacial score (nSPS) is 12.9. The second-order valence-electron chi connectivity index (χ2n) is 5.38. The maximum absolute atomic E-state index is 6.05. The van der Waals surface area contributed by atoms with Gasteiger partial charge in [0.2, 0.25) is 0 Å². The van der Waals surface area contributed by atoms with Crippen LogP contribution in [0.2, 0.25) is 0 Å². The summed E-state index contributed by atoms with van der Waals surface area (Å²) in [5.41, 5.74) is 3.26. The maximum Gasteiger partial charge on any atom is 0.134 e. The Labute approximate surface area is 124 Å². The largest absolute Gasteiger partial charge is 0.459 e. The fourth-order valence-corrected chi connectivity index (χ4v) is 2.60. The highest BCUT2D eigenvalue weighted by atomic mass is 16.3. The van der Waals surface area contributed by atoms with Crippen LogP contribution >= 0.6 is 0 Å². The zero-order valence-corrected chi connectivity index (χ0v) is 12.8. The van der Waals surface area contributed by atoms with Crippen LogP contribution in [0.3, 0.4) is 0 Å². The van der Waals surface area contributed by atoms with Crippen molar-refractivity contribution in [3.63, 3.8) is 0 Å². The Morgan fingerprint density at radius 2 is 2.14 bits per heavy atom. The van der Waals surface area contributed by atoms with Crippen LogP contribution in [0.4, 0.5) is 0 Å². The lowest BCUT2D eigenvalue weighted by molar-refractivity contribution is 0.468. The summed E-state index contributed by atoms with van der Waals surface area (Å²) >= 11 is 0. The molecule has 0 spiro atoms. The summed E-state index contributed by atoms with van der Waals surface area (Å²) in [6.45, 7) is 5.19. The average molecular weight is 283 g/mol. The predicted molar refractivity (Wildman–Crippen MR) is 84.3 cm³/mol. The van der Waals surface area contributed by atoms with Gasteiger partial charge in [-0.15, -0.1) is 0 Å². The molecule has 4 heteroatoms. The topological polar surface area (TPSA) is 43.0 Å². The number of rotatable bonds is 5. The fraction of sp³-hybridized carbons (Fsp3) is 0.353. The number of furan rings is 1. The van der Waals surface area contributed by atoms with E-state index in [-0.39, 0.29) is 6.04 Å². The molecular weight excluding hydrogens is 262 g/mol. The minimum atomic E-state index is 0.0473. The van der Waals surface area contributed by atoms with E-state index in [0.717, 1.165) is 35.4 Å². The number of para-hydroxylation sites is 1. The highest BCUT2D eigenvalue weighted by Crippen LogP contribution is 2.29. The molecule has 0 bridgehead atoms. The molecule has 1 N–H and O–H groups in total. The summed E-state index contributed by atoms with van der Waals surface area (Å²) in [6.07, 6.45) is 3.01. The van der Waals surface area contributed by atoms with Gasteiger partial charge in [0.05, 0.1) is 12.2 Å². The van der Waals surface area contributed by atoms with Gasteiger partial charge in [-0.2, -0.15) is 5.10 Å². The lowest BCUT2D eigenvalue weighted by atomic mass is 10.1. The third-order valence-electron chi connectivity index (χ3n) is 3.91. The van der Waals surface area contributed by atoms with Gasteiger partial charge in [-0.25, -0.2) is 0 Å². The number of nitrogens with zero attached hydrogens (tertiary/aromatic N) is 2. The van der Waals surface area contributed by atoms with Gasteiger partial charge in [0.1, 0.15) is 11.3 Å². The third-order valence-corrected chi connectivity index (χ3v) is 3.91. The first kappa shape index (κ1) is 13.9. The second kappa shape index (κ2) is 5.74. The molecule has 0 aliphatic carbocycles. The van der Waals surface area contributed by atoms with E-state index < -0.39 is 0 Å². The minimum absolute atomic E-state index is 0.0473. The molecule has 0 aliphatic rings. The molecule has 2 heterocycles. The van der Waals surface area contributed by atoms with Crippen LogP contribution in [-0.2, 0) is 7.05 Å². The lowest BCUT2D eigenvalue weighted by Gasteiger charge is -2.16. The van der Waals surface area contributed by atoms with Crippen molar-refractivity contribution in [2.24, 2.45) is 7.05 Å². The van der Waals surface area contributed by atoms with Crippen LogP contribution in [0.1, 0.15) is 36.4 Å². The molecule has 0 radical (unpaired) electrons. The first-order valence-electron chi connectivity index (χ1n) is 7.41. The number of fused-ring (bicyclic) bond motifs is 1. The molecule has 21 heavy (non-hydrogen) atoms. The van der Waals surface area contributed by atoms with Gasteiger partial charge in [-0.1, -0.05) is 25.1 Å². The molecule has 1 unspecified atom stereocenters. The fourth-order valence-electron chi connectivity index (χ4n) is 2.60. The van der Waals surface area contributed by atoms with Crippen LogP contribution < -0.4 is 5.32 Å². The van der Waals surface area contributed by atoms with Crippen LogP contribution in [-0.4, -0.2) is 16.3 Å². The molecule has 3 rings (SSSR count). The predicted octanol–water partition coefficient (Wildman–Crippen LogP) is 3.56. The summed E-state index contributed by atoms with van der Waals surface area (Å²) in [6, 6.07) is 10.3. The Morgan fingerprint density at radius 1 is 1.33 bits per heavy atom. The van der Waals surface area contributed by atoms with Gasteiger partial charge in [-0.3, -0.25) is 4.68 Å². The molecule has 0 saturated heterocycles. The molecular formula is C17H21N3O. The Balaban J connectivity index is 2.04. The van der Waals surface area contributed by atoms with Crippen molar-refractivity contribution < 1.29 is 4.42 Å². The minimum Gasteiger partial charge on any atom is -0.459 e. The molecule has 0 aliphatic heterocycles. The first-order chi connectivity index (χ1) is 10.2. The molecule has 0 amide bonds. The molecule has 4 nitrogen and oxygen atoms in total. The highest BCUT2D eigenvalue weighted by molar-refractivity contribution is 5.78. The van der Waals surface area contributed by atoms with E-state index in [4.69, 9.17) is 4.42 Å². The summed E-state index contributed by atoms with van der Waals surface area (Å²) in [5.74, 6) is 0.945. The van der Waals surface area contributed by atoms with Crippen molar-refractivity contribution in [2.75, 3.05) is 6.54 Å². The number of nitrogens with one attached hydrogen (secondary N) is 1. The molecule has 1 aromatic carbocycles. The first-order valence-corrected chi connectivity index (χ1v) is 7.41. The van der Waals surface area contributed by atoms with Crippen molar-refractivity contribution in [1.82, 2.24) is 15.1 Å². The van der Waals surface area contributed by atoms with Crippen molar-refractivity contribution in [1.29, 1.82) is 0 Å². The van der Waals surface area contributed by atoms with Gasteiger partial charge in [0.25, 0.3) is 0 Å². The molecule has 0 saturated carbocycles. The van der Waals surface area contributed by atoms with Crippen molar-refractivity contribution in [2.45, 2.75) is 26.3 Å². The van der Waals surface area contributed by atoms with Gasteiger partial charge in [-0.05, 0) is 32.0 Å². The summed E-state index contributed by atoms with van der Waals surface area (Å²) < 4.78 is 7.95. The summed E-state index contributed by atoms with van der Waals surface area (Å²) in [5, 5.41) is 9.07. The number of hydrogen-bond acceptors (Lipinski definition) is 3. The van der Waals surface area contributed by atoms with Gasteiger partial charge >= 0.3 is 0 Å². The Bertz CT molecular complexity index is 708. The van der Waals surface area contributed by atoms with E-state index in [0.29, 0.717) is 0 Å². The average Bonchev–Trinajstić information content (AvgIpc) is 3.05. The third kappa shape index (κ3) is 2.59. The standard InChI is InChI=1S/C17H21N3O/c1-4-9-18-17(14-11-19-20(3)12(14)2)16-10-13-7-5-6-8-15(13)21-16/h5-8,10-11,17-18H,4,9H2,1-3H3. The summed E-state index contributed by atoms with van der Waals surface area (Å²) in [7, 11) is 1.97. The van der Waals surface area contributed by atoms with E-state index in [1.807, 2.05) is 36.1 Å². The zero-order chi connectivity index (χ0) is 14.8. The summed E-state index contributed by atoms with van der Waals surface area (Å²) in [4.78, 5) is 0. The number of aromatic nitrogens is 2. The van der Waals surface area contributed by atoms with Crippen molar-refractivity contribution in [3.05, 3.63) is 53.5 Å². The van der Waals surface area contributed by atoms with Gasteiger partial charge in [0, 0.05) is 23.7 Å².